The van der Waals surface area contributed by atoms with Crippen LogP contribution in [0.5, 0.6) is 0 Å². The van der Waals surface area contributed by atoms with E-state index in [-0.39, 0.29) is 5.78 Å². The number of hydrogen-bond acceptors (Lipinski definition) is 2. The number of benzene rings is 3. The highest BCUT2D eigenvalue weighted by Gasteiger charge is 2.14. The highest BCUT2D eigenvalue weighted by Crippen LogP contribution is 2.28. The zero-order valence-corrected chi connectivity index (χ0v) is 12.8. The number of fused-ring (bicyclic) bond motifs is 3. The van der Waals surface area contributed by atoms with E-state index in [1.807, 2.05) is 73.7 Å². The molecule has 0 saturated heterocycles. The van der Waals surface area contributed by atoms with E-state index in [1.54, 1.807) is 6.20 Å². The zero-order chi connectivity index (χ0) is 15.8. The third-order valence-corrected chi connectivity index (χ3v) is 4.17. The SMILES string of the molecule is Cc1ccc(C(=O)c2cccc3ccc4cccnc4c23)cc1. The molecule has 0 bridgehead atoms. The summed E-state index contributed by atoms with van der Waals surface area (Å²) in [5.41, 5.74) is 3.43. The van der Waals surface area contributed by atoms with Crippen molar-refractivity contribution in [1.82, 2.24) is 4.98 Å². The standard InChI is InChI=1S/C21H15NO/c1-14-7-9-17(10-8-14)21(23)18-6-2-4-15-11-12-16-5-3-13-22-20(16)19(15)18/h2-13H,1H3. The molecular formula is C21H15NO. The van der Waals surface area contributed by atoms with Gasteiger partial charge in [-0.2, -0.15) is 0 Å². The molecule has 0 aliphatic rings. The van der Waals surface area contributed by atoms with Crippen LogP contribution in [0.2, 0.25) is 0 Å². The number of carbonyl (C=O) groups excluding carboxylic acids is 1. The molecule has 4 aromatic rings. The van der Waals surface area contributed by atoms with Gasteiger partial charge < -0.3 is 0 Å². The minimum Gasteiger partial charge on any atom is -0.289 e. The predicted octanol–water partition coefficient (Wildman–Crippen LogP) is 4.93. The van der Waals surface area contributed by atoms with E-state index in [4.69, 9.17) is 0 Å². The van der Waals surface area contributed by atoms with Crippen molar-refractivity contribution in [3.05, 3.63) is 89.6 Å². The molecule has 0 aliphatic heterocycles. The van der Waals surface area contributed by atoms with Gasteiger partial charge in [0.25, 0.3) is 0 Å². The molecule has 23 heavy (non-hydrogen) atoms. The van der Waals surface area contributed by atoms with Gasteiger partial charge in [-0.1, -0.05) is 66.2 Å². The van der Waals surface area contributed by atoms with Crippen LogP contribution in [-0.4, -0.2) is 10.8 Å². The van der Waals surface area contributed by atoms with Crippen LogP contribution in [0.25, 0.3) is 21.7 Å². The number of rotatable bonds is 2. The second-order valence-corrected chi connectivity index (χ2v) is 5.74. The largest absolute Gasteiger partial charge is 0.289 e. The lowest BCUT2D eigenvalue weighted by Crippen LogP contribution is -2.02. The van der Waals surface area contributed by atoms with E-state index in [9.17, 15) is 4.79 Å². The fraction of sp³-hybridized carbons (Fsp3) is 0.0476. The molecule has 4 rings (SSSR count). The predicted molar refractivity (Wildman–Crippen MR) is 93.9 cm³/mol. The van der Waals surface area contributed by atoms with E-state index in [0.717, 1.165) is 27.2 Å². The van der Waals surface area contributed by atoms with Gasteiger partial charge in [-0.3, -0.25) is 9.78 Å². The summed E-state index contributed by atoms with van der Waals surface area (Å²) in [7, 11) is 0. The molecule has 2 nitrogen and oxygen atoms in total. The average Bonchev–Trinajstić information content (AvgIpc) is 2.61. The van der Waals surface area contributed by atoms with Crippen LogP contribution in [-0.2, 0) is 0 Å². The van der Waals surface area contributed by atoms with Gasteiger partial charge in [-0.15, -0.1) is 0 Å². The molecule has 2 heteroatoms. The third kappa shape index (κ3) is 2.29. The fourth-order valence-electron chi connectivity index (χ4n) is 2.96. The Labute approximate surface area is 134 Å². The summed E-state index contributed by atoms with van der Waals surface area (Å²) in [5, 5.41) is 3.01. The molecule has 0 N–H and O–H groups in total. The molecule has 0 aliphatic carbocycles. The third-order valence-electron chi connectivity index (χ3n) is 4.17. The molecule has 0 spiro atoms. The smallest absolute Gasteiger partial charge is 0.193 e. The summed E-state index contributed by atoms with van der Waals surface area (Å²) < 4.78 is 0. The lowest BCUT2D eigenvalue weighted by Gasteiger charge is -2.09. The summed E-state index contributed by atoms with van der Waals surface area (Å²) in [6.07, 6.45) is 1.77. The Kier molecular flexibility index (Phi) is 3.16. The second-order valence-electron chi connectivity index (χ2n) is 5.74. The second kappa shape index (κ2) is 5.33. The molecule has 0 unspecified atom stereocenters. The maximum atomic E-state index is 13.0. The molecule has 1 heterocycles. The first-order chi connectivity index (χ1) is 11.2. The Balaban J connectivity index is 2.01. The first-order valence-corrected chi connectivity index (χ1v) is 7.62. The number of carbonyl (C=O) groups is 1. The normalized spacial score (nSPS) is 11.0. The number of aromatic nitrogens is 1. The Bertz CT molecular complexity index is 1030. The number of nitrogens with zero attached hydrogens (tertiary/aromatic N) is 1. The van der Waals surface area contributed by atoms with Gasteiger partial charge in [-0.25, -0.2) is 0 Å². The Morgan fingerprint density at radius 3 is 2.39 bits per heavy atom. The molecular weight excluding hydrogens is 282 g/mol. The van der Waals surface area contributed by atoms with Gasteiger partial charge in [0.15, 0.2) is 5.78 Å². The number of hydrogen-bond donors (Lipinski definition) is 0. The lowest BCUT2D eigenvalue weighted by atomic mass is 9.95. The van der Waals surface area contributed by atoms with Crippen molar-refractivity contribution >= 4 is 27.5 Å². The van der Waals surface area contributed by atoms with Gasteiger partial charge in [-0.05, 0) is 18.4 Å². The van der Waals surface area contributed by atoms with Gasteiger partial charge in [0.05, 0.1) is 5.52 Å². The maximum Gasteiger partial charge on any atom is 0.193 e. The van der Waals surface area contributed by atoms with Crippen LogP contribution < -0.4 is 0 Å². The van der Waals surface area contributed by atoms with Crippen molar-refractivity contribution < 1.29 is 4.79 Å². The van der Waals surface area contributed by atoms with E-state index >= 15 is 0 Å². The molecule has 0 radical (unpaired) electrons. The number of pyridine rings is 1. The average molecular weight is 297 g/mol. The first-order valence-electron chi connectivity index (χ1n) is 7.62. The summed E-state index contributed by atoms with van der Waals surface area (Å²) in [4.78, 5) is 17.5. The lowest BCUT2D eigenvalue weighted by molar-refractivity contribution is 0.104. The Morgan fingerprint density at radius 1 is 0.826 bits per heavy atom. The van der Waals surface area contributed by atoms with Crippen LogP contribution in [0.1, 0.15) is 21.5 Å². The number of aryl methyl sites for hydroxylation is 1. The van der Waals surface area contributed by atoms with Crippen molar-refractivity contribution in [2.45, 2.75) is 6.92 Å². The summed E-state index contributed by atoms with van der Waals surface area (Å²) in [5.74, 6) is 0.0359. The van der Waals surface area contributed by atoms with Crippen LogP contribution in [0.4, 0.5) is 0 Å². The molecule has 0 atom stereocenters. The van der Waals surface area contributed by atoms with Crippen molar-refractivity contribution in [3.63, 3.8) is 0 Å². The van der Waals surface area contributed by atoms with Crippen molar-refractivity contribution in [2.24, 2.45) is 0 Å². The van der Waals surface area contributed by atoms with Gasteiger partial charge in [0.1, 0.15) is 0 Å². The summed E-state index contributed by atoms with van der Waals surface area (Å²) in [6, 6.07) is 21.6. The molecule has 110 valence electrons. The molecule has 1 aromatic heterocycles. The molecule has 3 aromatic carbocycles. The van der Waals surface area contributed by atoms with Crippen molar-refractivity contribution in [1.29, 1.82) is 0 Å². The maximum absolute atomic E-state index is 13.0. The van der Waals surface area contributed by atoms with Gasteiger partial charge in [0, 0.05) is 28.1 Å². The van der Waals surface area contributed by atoms with Gasteiger partial charge >= 0.3 is 0 Å². The summed E-state index contributed by atoms with van der Waals surface area (Å²) in [6.45, 7) is 2.02. The molecule has 0 saturated carbocycles. The topological polar surface area (TPSA) is 30.0 Å². The monoisotopic (exact) mass is 297 g/mol. The number of ketones is 1. The molecule has 0 amide bonds. The van der Waals surface area contributed by atoms with Crippen molar-refractivity contribution in [2.75, 3.05) is 0 Å². The highest BCUT2D eigenvalue weighted by molar-refractivity contribution is 6.21. The van der Waals surface area contributed by atoms with E-state index in [2.05, 4.69) is 4.98 Å². The Morgan fingerprint density at radius 2 is 1.57 bits per heavy atom. The van der Waals surface area contributed by atoms with Crippen LogP contribution >= 0.6 is 0 Å². The first kappa shape index (κ1) is 13.6. The zero-order valence-electron chi connectivity index (χ0n) is 12.8. The fourth-order valence-corrected chi connectivity index (χ4v) is 2.96. The van der Waals surface area contributed by atoms with Gasteiger partial charge in [0.2, 0.25) is 0 Å². The van der Waals surface area contributed by atoms with E-state index in [1.165, 1.54) is 0 Å². The minimum atomic E-state index is 0.0359. The Hall–Kier alpha value is -3.00. The minimum absolute atomic E-state index is 0.0359. The highest BCUT2D eigenvalue weighted by atomic mass is 16.1. The quantitative estimate of drug-likeness (QED) is 0.388. The summed E-state index contributed by atoms with van der Waals surface area (Å²) >= 11 is 0. The van der Waals surface area contributed by atoms with Crippen LogP contribution in [0.15, 0.2) is 72.9 Å². The van der Waals surface area contributed by atoms with Crippen LogP contribution in [0, 0.1) is 6.92 Å². The van der Waals surface area contributed by atoms with E-state index in [0.29, 0.717) is 11.1 Å². The van der Waals surface area contributed by atoms with Crippen molar-refractivity contribution in [3.8, 4) is 0 Å². The molecule has 0 fully saturated rings. The van der Waals surface area contributed by atoms with Crippen LogP contribution in [0.3, 0.4) is 0 Å². The van der Waals surface area contributed by atoms with E-state index < -0.39 is 0 Å².